The Hall–Kier alpha value is -1.36. The molecule has 0 unspecified atom stereocenters. The van der Waals surface area contributed by atoms with Crippen LogP contribution in [0.15, 0.2) is 12.4 Å². The summed E-state index contributed by atoms with van der Waals surface area (Å²) in [6, 6.07) is 1.94. The normalized spacial score (nSPS) is 16.6. The Bertz CT molecular complexity index is 377. The summed E-state index contributed by atoms with van der Waals surface area (Å²) >= 11 is 0. The maximum absolute atomic E-state index is 5.43. The molecule has 1 saturated heterocycles. The quantitative estimate of drug-likeness (QED) is 0.847. The molecule has 0 bridgehead atoms. The van der Waals surface area contributed by atoms with E-state index in [0.717, 1.165) is 31.4 Å². The molecule has 0 amide bonds. The predicted octanol–water partition coefficient (Wildman–Crippen LogP) is 1.70. The minimum absolute atomic E-state index is 0.641. The van der Waals surface area contributed by atoms with Crippen LogP contribution in [-0.4, -0.2) is 43.3 Å². The minimum Gasteiger partial charge on any atom is -0.478 e. The first-order valence-corrected chi connectivity index (χ1v) is 7.18. The lowest BCUT2D eigenvalue weighted by molar-refractivity contribution is 0.325. The first kappa shape index (κ1) is 14.1. The molecule has 5 heteroatoms. The molecule has 5 nitrogen and oxygen atoms in total. The molecule has 1 N–H and O–H groups in total. The van der Waals surface area contributed by atoms with E-state index in [1.54, 1.807) is 6.33 Å². The number of ether oxygens (including phenoxy) is 1. The highest BCUT2D eigenvalue weighted by molar-refractivity contribution is 5.41. The molecule has 1 fully saturated rings. The van der Waals surface area contributed by atoms with Crippen molar-refractivity contribution in [2.45, 2.75) is 26.2 Å². The highest BCUT2D eigenvalue weighted by Gasteiger charge is 2.20. The van der Waals surface area contributed by atoms with Gasteiger partial charge in [0.25, 0.3) is 0 Å². The minimum atomic E-state index is 0.641. The summed E-state index contributed by atoms with van der Waals surface area (Å²) in [5.74, 6) is 2.51. The van der Waals surface area contributed by atoms with Crippen LogP contribution in [0.1, 0.15) is 26.2 Å². The molecule has 2 rings (SSSR count). The van der Waals surface area contributed by atoms with Crippen molar-refractivity contribution in [2.75, 3.05) is 38.2 Å². The summed E-state index contributed by atoms with van der Waals surface area (Å²) in [5.41, 5.74) is 0. The van der Waals surface area contributed by atoms with E-state index < -0.39 is 0 Å². The largest absolute Gasteiger partial charge is 0.478 e. The van der Waals surface area contributed by atoms with Crippen LogP contribution in [0.3, 0.4) is 0 Å². The van der Waals surface area contributed by atoms with Crippen LogP contribution >= 0.6 is 0 Å². The number of aromatic nitrogens is 2. The number of nitrogens with one attached hydrogen (secondary N) is 1. The van der Waals surface area contributed by atoms with Crippen LogP contribution in [0.5, 0.6) is 5.88 Å². The van der Waals surface area contributed by atoms with Crippen LogP contribution in [-0.2, 0) is 0 Å². The average molecular weight is 264 g/mol. The van der Waals surface area contributed by atoms with Gasteiger partial charge in [-0.1, -0.05) is 0 Å². The molecule has 0 atom stereocenters. The van der Waals surface area contributed by atoms with E-state index in [-0.39, 0.29) is 0 Å². The Morgan fingerprint density at radius 1 is 1.37 bits per heavy atom. The van der Waals surface area contributed by atoms with Gasteiger partial charge in [-0.25, -0.2) is 9.97 Å². The fourth-order valence-electron chi connectivity index (χ4n) is 2.53. The van der Waals surface area contributed by atoms with E-state index in [0.29, 0.717) is 12.5 Å². The van der Waals surface area contributed by atoms with Crippen LogP contribution in [0.4, 0.5) is 5.82 Å². The Morgan fingerprint density at radius 2 is 2.16 bits per heavy atom. The lowest BCUT2D eigenvalue weighted by Gasteiger charge is -2.32. The first-order valence-electron chi connectivity index (χ1n) is 7.18. The van der Waals surface area contributed by atoms with Gasteiger partial charge in [0, 0.05) is 19.2 Å². The number of hydrogen-bond acceptors (Lipinski definition) is 5. The lowest BCUT2D eigenvalue weighted by atomic mass is 9.93. The molecule has 1 aromatic heterocycles. The highest BCUT2D eigenvalue weighted by Crippen LogP contribution is 2.24. The second-order valence-corrected chi connectivity index (χ2v) is 4.97. The molecule has 1 aliphatic heterocycles. The average Bonchev–Trinajstić information content (AvgIpc) is 2.46. The zero-order valence-electron chi connectivity index (χ0n) is 11.9. The fourth-order valence-corrected chi connectivity index (χ4v) is 2.53. The van der Waals surface area contributed by atoms with Gasteiger partial charge in [-0.05, 0) is 45.7 Å². The summed E-state index contributed by atoms with van der Waals surface area (Å²) < 4.78 is 5.43. The predicted molar refractivity (Wildman–Crippen MR) is 76.7 cm³/mol. The van der Waals surface area contributed by atoms with E-state index in [4.69, 9.17) is 4.74 Å². The summed E-state index contributed by atoms with van der Waals surface area (Å²) in [7, 11) is 2.02. The highest BCUT2D eigenvalue weighted by atomic mass is 16.5. The summed E-state index contributed by atoms with van der Waals surface area (Å²) in [6.07, 6.45) is 5.36. The third-order valence-electron chi connectivity index (χ3n) is 3.66. The third kappa shape index (κ3) is 4.06. The van der Waals surface area contributed by atoms with Crippen molar-refractivity contribution in [3.8, 4) is 5.88 Å². The first-order chi connectivity index (χ1) is 9.33. The Labute approximate surface area is 115 Å². The Morgan fingerprint density at radius 3 is 2.84 bits per heavy atom. The van der Waals surface area contributed by atoms with Crippen LogP contribution < -0.4 is 15.0 Å². The number of rotatable bonds is 6. The van der Waals surface area contributed by atoms with E-state index in [9.17, 15) is 0 Å². The molecule has 0 aromatic carbocycles. The van der Waals surface area contributed by atoms with E-state index >= 15 is 0 Å². The summed E-state index contributed by atoms with van der Waals surface area (Å²) in [6.45, 7) is 5.89. The van der Waals surface area contributed by atoms with Gasteiger partial charge in [-0.2, -0.15) is 0 Å². The standard InChI is InChI=1S/C14H24N4O/c1-3-19-14-10-13(16-11-17-14)18-8-5-12(6-9-18)4-7-15-2/h10-12,15H,3-9H2,1-2H3. The van der Waals surface area contributed by atoms with Gasteiger partial charge in [0.15, 0.2) is 0 Å². The number of hydrogen-bond donors (Lipinski definition) is 1. The van der Waals surface area contributed by atoms with Crippen molar-refractivity contribution in [2.24, 2.45) is 5.92 Å². The zero-order valence-corrected chi connectivity index (χ0v) is 11.9. The second kappa shape index (κ2) is 7.28. The van der Waals surface area contributed by atoms with Crippen molar-refractivity contribution in [3.05, 3.63) is 12.4 Å². The van der Waals surface area contributed by atoms with Crippen molar-refractivity contribution >= 4 is 5.82 Å². The molecule has 0 aliphatic carbocycles. The molecular formula is C14H24N4O. The van der Waals surface area contributed by atoms with Gasteiger partial charge in [-0.3, -0.25) is 0 Å². The van der Waals surface area contributed by atoms with E-state index in [2.05, 4.69) is 20.2 Å². The Balaban J connectivity index is 1.88. The maximum Gasteiger partial charge on any atom is 0.218 e. The molecule has 0 spiro atoms. The van der Waals surface area contributed by atoms with Crippen LogP contribution in [0.25, 0.3) is 0 Å². The van der Waals surface area contributed by atoms with Gasteiger partial charge in [-0.15, -0.1) is 0 Å². The second-order valence-electron chi connectivity index (χ2n) is 4.97. The fraction of sp³-hybridized carbons (Fsp3) is 0.714. The van der Waals surface area contributed by atoms with Gasteiger partial charge in [0.1, 0.15) is 12.1 Å². The van der Waals surface area contributed by atoms with Gasteiger partial charge in [0.2, 0.25) is 5.88 Å². The molecule has 106 valence electrons. The molecule has 19 heavy (non-hydrogen) atoms. The lowest BCUT2D eigenvalue weighted by Crippen LogP contribution is -2.35. The van der Waals surface area contributed by atoms with Crippen LogP contribution in [0.2, 0.25) is 0 Å². The van der Waals surface area contributed by atoms with E-state index in [1.165, 1.54) is 19.3 Å². The SMILES string of the molecule is CCOc1cc(N2CCC(CCNC)CC2)ncn1. The van der Waals surface area contributed by atoms with Crippen molar-refractivity contribution in [1.82, 2.24) is 15.3 Å². The number of anilines is 1. The maximum atomic E-state index is 5.43. The van der Waals surface area contributed by atoms with Gasteiger partial charge < -0.3 is 15.0 Å². The van der Waals surface area contributed by atoms with Crippen molar-refractivity contribution in [3.63, 3.8) is 0 Å². The van der Waals surface area contributed by atoms with Crippen molar-refractivity contribution in [1.29, 1.82) is 0 Å². The van der Waals surface area contributed by atoms with Gasteiger partial charge in [0.05, 0.1) is 6.61 Å². The molecule has 0 saturated carbocycles. The molecule has 1 aliphatic rings. The Kier molecular flexibility index (Phi) is 5.39. The number of piperidine rings is 1. The number of nitrogens with zero attached hydrogens (tertiary/aromatic N) is 3. The molecule has 0 radical (unpaired) electrons. The molecular weight excluding hydrogens is 240 g/mol. The van der Waals surface area contributed by atoms with Gasteiger partial charge >= 0.3 is 0 Å². The monoisotopic (exact) mass is 264 g/mol. The summed E-state index contributed by atoms with van der Waals surface area (Å²) in [5, 5.41) is 3.23. The summed E-state index contributed by atoms with van der Waals surface area (Å²) in [4.78, 5) is 10.8. The third-order valence-corrected chi connectivity index (χ3v) is 3.66. The topological polar surface area (TPSA) is 50.3 Å². The molecule has 1 aromatic rings. The zero-order chi connectivity index (χ0) is 13.5. The molecule has 2 heterocycles. The van der Waals surface area contributed by atoms with Crippen LogP contribution in [0, 0.1) is 5.92 Å². The smallest absolute Gasteiger partial charge is 0.218 e. The van der Waals surface area contributed by atoms with Crippen molar-refractivity contribution < 1.29 is 4.74 Å². The van der Waals surface area contributed by atoms with E-state index in [1.807, 2.05) is 20.0 Å².